The Bertz CT molecular complexity index is 1430. The van der Waals surface area contributed by atoms with Gasteiger partial charge in [-0.15, -0.1) is 0 Å². The molecule has 11 heteroatoms. The molecule has 1 aliphatic heterocycles. The lowest BCUT2D eigenvalue weighted by Gasteiger charge is -2.22. The SMILES string of the molecule is C[C@H](NC(=O)C(O)c1cc(F)cc(F)c1)C(=O)NC1N=C(c2ccccc2F)c2ccccc2N(C)C1=O. The zero-order valence-corrected chi connectivity index (χ0v) is 20.3. The summed E-state index contributed by atoms with van der Waals surface area (Å²) in [6.07, 6.45) is -3.43. The van der Waals surface area contributed by atoms with Gasteiger partial charge in [0, 0.05) is 24.2 Å². The second-order valence-electron chi connectivity index (χ2n) is 8.62. The molecule has 0 radical (unpaired) electrons. The summed E-state index contributed by atoms with van der Waals surface area (Å²) >= 11 is 0. The van der Waals surface area contributed by atoms with Crippen molar-refractivity contribution in [1.29, 1.82) is 0 Å². The Morgan fingerprint density at radius 1 is 0.947 bits per heavy atom. The molecule has 0 saturated heterocycles. The number of aliphatic hydroxyl groups is 1. The molecule has 0 fully saturated rings. The first-order valence-corrected chi connectivity index (χ1v) is 11.5. The standard InChI is InChI=1S/C27H23F3N4O4/c1-14(31-26(37)23(35)15-11-16(28)13-17(29)12-15)25(36)33-24-27(38)34(2)21-10-6-4-8-19(21)22(32-24)18-7-3-5-9-20(18)30/h3-14,23-24,35H,1-2H3,(H,31,37)(H,33,36)/t14-,23?,24?/m0/s1. The van der Waals surface area contributed by atoms with Gasteiger partial charge in [-0.25, -0.2) is 18.2 Å². The molecule has 1 aliphatic rings. The zero-order chi connectivity index (χ0) is 27.6. The fourth-order valence-corrected chi connectivity index (χ4v) is 3.99. The van der Waals surface area contributed by atoms with Crippen LogP contribution in [0.25, 0.3) is 0 Å². The monoisotopic (exact) mass is 524 g/mol. The van der Waals surface area contributed by atoms with Gasteiger partial charge in [-0.3, -0.25) is 14.4 Å². The van der Waals surface area contributed by atoms with Crippen LogP contribution in [0.15, 0.2) is 71.7 Å². The molecule has 3 amide bonds. The number of benzodiazepines with no additional fused rings is 1. The van der Waals surface area contributed by atoms with E-state index >= 15 is 0 Å². The van der Waals surface area contributed by atoms with Gasteiger partial charge in [0.15, 0.2) is 6.10 Å². The van der Waals surface area contributed by atoms with Crippen LogP contribution in [-0.2, 0) is 14.4 Å². The summed E-state index contributed by atoms with van der Waals surface area (Å²) < 4.78 is 41.7. The first-order valence-electron chi connectivity index (χ1n) is 11.5. The Labute approximate surface area is 215 Å². The van der Waals surface area contributed by atoms with Crippen LogP contribution in [0.3, 0.4) is 0 Å². The fraction of sp³-hybridized carbons (Fsp3) is 0.185. The van der Waals surface area contributed by atoms with Gasteiger partial charge in [-0.1, -0.05) is 30.3 Å². The number of amides is 3. The van der Waals surface area contributed by atoms with Crippen LogP contribution in [0.4, 0.5) is 18.9 Å². The maximum absolute atomic E-state index is 14.7. The van der Waals surface area contributed by atoms with Gasteiger partial charge < -0.3 is 20.6 Å². The smallest absolute Gasteiger partial charge is 0.272 e. The Morgan fingerprint density at radius 3 is 2.21 bits per heavy atom. The van der Waals surface area contributed by atoms with Crippen molar-refractivity contribution in [3.05, 3.63) is 101 Å². The minimum absolute atomic E-state index is 0.120. The Balaban J connectivity index is 1.58. The number of nitrogens with one attached hydrogen (secondary N) is 2. The molecule has 2 unspecified atom stereocenters. The number of likely N-dealkylation sites (N-methyl/N-ethyl adjacent to an activating group) is 1. The molecule has 0 bridgehead atoms. The minimum Gasteiger partial charge on any atom is -0.378 e. The highest BCUT2D eigenvalue weighted by molar-refractivity contribution is 6.20. The normalized spacial score (nSPS) is 16.6. The van der Waals surface area contributed by atoms with Crippen molar-refractivity contribution in [2.24, 2.45) is 4.99 Å². The molecule has 0 aromatic heterocycles. The molecule has 4 rings (SSSR count). The van der Waals surface area contributed by atoms with Gasteiger partial charge in [0.1, 0.15) is 23.5 Å². The number of rotatable bonds is 6. The highest BCUT2D eigenvalue weighted by Gasteiger charge is 2.33. The van der Waals surface area contributed by atoms with Crippen molar-refractivity contribution < 1.29 is 32.7 Å². The van der Waals surface area contributed by atoms with E-state index in [4.69, 9.17) is 0 Å². The molecule has 3 aromatic rings. The van der Waals surface area contributed by atoms with E-state index in [-0.39, 0.29) is 16.8 Å². The number of carbonyl (C=O) groups excluding carboxylic acids is 3. The number of nitrogens with zero attached hydrogens (tertiary/aromatic N) is 2. The molecule has 196 valence electrons. The second-order valence-corrected chi connectivity index (χ2v) is 8.62. The summed E-state index contributed by atoms with van der Waals surface area (Å²) in [6, 6.07) is 13.5. The largest absolute Gasteiger partial charge is 0.378 e. The van der Waals surface area contributed by atoms with E-state index in [2.05, 4.69) is 15.6 Å². The van der Waals surface area contributed by atoms with Crippen molar-refractivity contribution in [3.8, 4) is 0 Å². The van der Waals surface area contributed by atoms with Crippen molar-refractivity contribution in [2.75, 3.05) is 11.9 Å². The number of aliphatic imine (C=N–C) groups is 1. The van der Waals surface area contributed by atoms with E-state index in [1.165, 1.54) is 37.1 Å². The van der Waals surface area contributed by atoms with Crippen molar-refractivity contribution >= 4 is 29.1 Å². The third kappa shape index (κ3) is 5.42. The van der Waals surface area contributed by atoms with Gasteiger partial charge in [0.25, 0.3) is 11.8 Å². The van der Waals surface area contributed by atoms with Crippen LogP contribution in [0.1, 0.15) is 29.7 Å². The highest BCUT2D eigenvalue weighted by Crippen LogP contribution is 2.28. The molecule has 0 saturated carbocycles. The maximum Gasteiger partial charge on any atom is 0.272 e. The number of carbonyl (C=O) groups is 3. The molecule has 3 N–H and O–H groups in total. The van der Waals surface area contributed by atoms with Crippen LogP contribution in [0, 0.1) is 17.5 Å². The zero-order valence-electron chi connectivity index (χ0n) is 20.3. The van der Waals surface area contributed by atoms with Crippen LogP contribution in [0.2, 0.25) is 0 Å². The molecular weight excluding hydrogens is 501 g/mol. The summed E-state index contributed by atoms with van der Waals surface area (Å²) in [6.45, 7) is 1.28. The number of fused-ring (bicyclic) bond motifs is 1. The lowest BCUT2D eigenvalue weighted by molar-refractivity contribution is -0.134. The highest BCUT2D eigenvalue weighted by atomic mass is 19.1. The third-order valence-electron chi connectivity index (χ3n) is 5.95. The number of para-hydroxylation sites is 1. The van der Waals surface area contributed by atoms with Gasteiger partial charge in [-0.2, -0.15) is 0 Å². The lowest BCUT2D eigenvalue weighted by Crippen LogP contribution is -2.52. The summed E-state index contributed by atoms with van der Waals surface area (Å²) in [4.78, 5) is 44.2. The van der Waals surface area contributed by atoms with Crippen LogP contribution in [-0.4, -0.2) is 47.8 Å². The predicted molar refractivity (Wildman–Crippen MR) is 133 cm³/mol. The van der Waals surface area contributed by atoms with E-state index in [1.807, 2.05) is 0 Å². The van der Waals surface area contributed by atoms with E-state index < -0.39 is 53.5 Å². The van der Waals surface area contributed by atoms with Gasteiger partial charge >= 0.3 is 0 Å². The van der Waals surface area contributed by atoms with E-state index in [0.29, 0.717) is 17.3 Å². The molecule has 38 heavy (non-hydrogen) atoms. The molecule has 8 nitrogen and oxygen atoms in total. The van der Waals surface area contributed by atoms with Crippen molar-refractivity contribution in [3.63, 3.8) is 0 Å². The van der Waals surface area contributed by atoms with Crippen LogP contribution >= 0.6 is 0 Å². The molecule has 0 aliphatic carbocycles. The van der Waals surface area contributed by atoms with Crippen LogP contribution < -0.4 is 15.5 Å². The number of hydrogen-bond acceptors (Lipinski definition) is 5. The minimum atomic E-state index is -1.96. The molecule has 3 aromatic carbocycles. The van der Waals surface area contributed by atoms with E-state index in [0.717, 1.165) is 12.1 Å². The van der Waals surface area contributed by atoms with Crippen molar-refractivity contribution in [1.82, 2.24) is 10.6 Å². The number of anilines is 1. The van der Waals surface area contributed by atoms with Crippen molar-refractivity contribution in [2.45, 2.75) is 25.2 Å². The average Bonchev–Trinajstić information content (AvgIpc) is 2.98. The number of hydrogen-bond donors (Lipinski definition) is 3. The Kier molecular flexibility index (Phi) is 7.58. The lowest BCUT2D eigenvalue weighted by atomic mass is 10.00. The van der Waals surface area contributed by atoms with E-state index in [9.17, 15) is 32.7 Å². The van der Waals surface area contributed by atoms with Gasteiger partial charge in [-0.05, 0) is 42.8 Å². The Hall–Kier alpha value is -4.51. The molecule has 0 spiro atoms. The third-order valence-corrected chi connectivity index (χ3v) is 5.95. The quantitative estimate of drug-likeness (QED) is 0.460. The average molecular weight is 524 g/mol. The first-order chi connectivity index (χ1) is 18.1. The molecule has 3 atom stereocenters. The number of halogens is 3. The summed E-state index contributed by atoms with van der Waals surface area (Å²) in [7, 11) is 1.49. The molecule has 1 heterocycles. The summed E-state index contributed by atoms with van der Waals surface area (Å²) in [5.41, 5.74) is 0.834. The topological polar surface area (TPSA) is 111 Å². The fourth-order valence-electron chi connectivity index (χ4n) is 3.99. The second kappa shape index (κ2) is 10.9. The van der Waals surface area contributed by atoms with Crippen LogP contribution in [0.5, 0.6) is 0 Å². The van der Waals surface area contributed by atoms with Gasteiger partial charge in [0.2, 0.25) is 12.1 Å². The first kappa shape index (κ1) is 26.6. The molecular formula is C27H23F3N4O4. The number of aliphatic hydroxyl groups excluding tert-OH is 1. The Morgan fingerprint density at radius 2 is 1.55 bits per heavy atom. The van der Waals surface area contributed by atoms with E-state index in [1.54, 1.807) is 30.3 Å². The predicted octanol–water partition coefficient (Wildman–Crippen LogP) is 2.60. The van der Waals surface area contributed by atoms with Gasteiger partial charge in [0.05, 0.1) is 11.4 Å². The summed E-state index contributed by atoms with van der Waals surface area (Å²) in [5, 5.41) is 14.9. The number of benzene rings is 3. The maximum atomic E-state index is 14.7. The summed E-state index contributed by atoms with van der Waals surface area (Å²) in [5.74, 6) is -5.11.